The molecule has 0 spiro atoms. The number of halogens is 1. The molecule has 118 valence electrons. The molecule has 0 saturated carbocycles. The van der Waals surface area contributed by atoms with E-state index in [1.807, 2.05) is 0 Å². The molecule has 0 saturated heterocycles. The molecule has 2 amide bonds. The Balaban J connectivity index is 1.98. The largest absolute Gasteiger partial charge is 0.332 e. The second-order valence-electron chi connectivity index (χ2n) is 4.68. The van der Waals surface area contributed by atoms with Crippen molar-refractivity contribution in [3.05, 3.63) is 59.1 Å². The highest BCUT2D eigenvalue weighted by atomic mass is 35.5. The molecular weight excluding hydrogens is 334 g/mol. The van der Waals surface area contributed by atoms with Crippen LogP contribution < -0.4 is 16.0 Å². The number of carbonyl (C=O) groups is 2. The lowest BCUT2D eigenvalue weighted by Crippen LogP contribution is -2.34. The minimum Gasteiger partial charge on any atom is -0.332 e. The quantitative estimate of drug-likeness (QED) is 0.744. The van der Waals surface area contributed by atoms with Crippen LogP contribution in [-0.2, 0) is 4.79 Å². The van der Waals surface area contributed by atoms with E-state index in [1.54, 1.807) is 48.5 Å². The van der Waals surface area contributed by atoms with Gasteiger partial charge in [0.15, 0.2) is 5.11 Å². The van der Waals surface area contributed by atoms with E-state index in [4.69, 9.17) is 23.8 Å². The van der Waals surface area contributed by atoms with Crippen LogP contribution in [0.3, 0.4) is 0 Å². The third-order valence-corrected chi connectivity index (χ3v) is 3.23. The molecule has 3 N–H and O–H groups in total. The van der Waals surface area contributed by atoms with Gasteiger partial charge in [0.1, 0.15) is 0 Å². The maximum absolute atomic E-state index is 12.0. The molecule has 0 unspecified atom stereocenters. The Kier molecular flexibility index (Phi) is 5.67. The first-order valence-corrected chi connectivity index (χ1v) is 7.48. The monoisotopic (exact) mass is 347 g/mol. The molecular formula is C16H14ClN3O2S. The summed E-state index contributed by atoms with van der Waals surface area (Å²) < 4.78 is 0. The Morgan fingerprint density at radius 3 is 2.22 bits per heavy atom. The third-order valence-electron chi connectivity index (χ3n) is 2.77. The van der Waals surface area contributed by atoms with Crippen LogP contribution in [0.4, 0.5) is 11.4 Å². The van der Waals surface area contributed by atoms with E-state index in [2.05, 4.69) is 16.0 Å². The number of carbonyl (C=O) groups excluding carboxylic acids is 2. The molecule has 0 radical (unpaired) electrons. The van der Waals surface area contributed by atoms with E-state index in [0.717, 1.165) is 0 Å². The van der Waals surface area contributed by atoms with Crippen molar-refractivity contribution in [3.8, 4) is 0 Å². The standard InChI is InChI=1S/C16H14ClN3O2S/c1-10(21)18-13-3-2-4-14(9-13)19-16(23)20-15(22)11-5-7-12(17)8-6-11/h2-9H,1H3,(H,18,21)(H2,19,20,22,23). The van der Waals surface area contributed by atoms with Gasteiger partial charge in [0.2, 0.25) is 5.91 Å². The van der Waals surface area contributed by atoms with Gasteiger partial charge in [0.05, 0.1) is 0 Å². The fraction of sp³-hybridized carbons (Fsp3) is 0.0625. The van der Waals surface area contributed by atoms with Crippen molar-refractivity contribution >= 4 is 52.1 Å². The molecule has 0 aromatic heterocycles. The van der Waals surface area contributed by atoms with Crippen LogP contribution in [0.2, 0.25) is 5.02 Å². The SMILES string of the molecule is CC(=O)Nc1cccc(NC(=S)NC(=O)c2ccc(Cl)cc2)c1. The Hall–Kier alpha value is -2.44. The second kappa shape index (κ2) is 7.71. The fourth-order valence-electron chi connectivity index (χ4n) is 1.82. The third kappa shape index (κ3) is 5.36. The van der Waals surface area contributed by atoms with E-state index in [9.17, 15) is 9.59 Å². The summed E-state index contributed by atoms with van der Waals surface area (Å²) in [7, 11) is 0. The molecule has 0 aliphatic rings. The Morgan fingerprint density at radius 1 is 1.00 bits per heavy atom. The van der Waals surface area contributed by atoms with Crippen molar-refractivity contribution in [3.63, 3.8) is 0 Å². The Labute approximate surface area is 144 Å². The fourth-order valence-corrected chi connectivity index (χ4v) is 2.15. The molecule has 0 heterocycles. The van der Waals surface area contributed by atoms with E-state index >= 15 is 0 Å². The topological polar surface area (TPSA) is 70.2 Å². The molecule has 2 aromatic rings. The number of benzene rings is 2. The van der Waals surface area contributed by atoms with Crippen LogP contribution in [0.15, 0.2) is 48.5 Å². The predicted octanol–water partition coefficient (Wildman–Crippen LogP) is 3.43. The zero-order valence-corrected chi connectivity index (χ0v) is 13.8. The summed E-state index contributed by atoms with van der Waals surface area (Å²) in [4.78, 5) is 23.1. The Morgan fingerprint density at radius 2 is 1.61 bits per heavy atom. The number of nitrogens with one attached hydrogen (secondary N) is 3. The number of anilines is 2. The van der Waals surface area contributed by atoms with Crippen molar-refractivity contribution in [2.45, 2.75) is 6.92 Å². The van der Waals surface area contributed by atoms with Gasteiger partial charge < -0.3 is 10.6 Å². The summed E-state index contributed by atoms with van der Waals surface area (Å²) in [6, 6.07) is 13.5. The molecule has 0 bridgehead atoms. The summed E-state index contributed by atoms with van der Waals surface area (Å²) in [5.41, 5.74) is 1.73. The van der Waals surface area contributed by atoms with Gasteiger partial charge >= 0.3 is 0 Å². The van der Waals surface area contributed by atoms with Gasteiger partial charge in [-0.25, -0.2) is 0 Å². The number of hydrogen-bond donors (Lipinski definition) is 3. The van der Waals surface area contributed by atoms with Gasteiger partial charge in [-0.1, -0.05) is 17.7 Å². The van der Waals surface area contributed by atoms with Gasteiger partial charge in [0.25, 0.3) is 5.91 Å². The van der Waals surface area contributed by atoms with E-state index in [1.165, 1.54) is 6.92 Å². The lowest BCUT2D eigenvalue weighted by molar-refractivity contribution is -0.114. The van der Waals surface area contributed by atoms with E-state index in [-0.39, 0.29) is 16.9 Å². The van der Waals surface area contributed by atoms with Gasteiger partial charge in [-0.05, 0) is 54.7 Å². The molecule has 0 aliphatic carbocycles. The molecule has 2 rings (SSSR count). The van der Waals surface area contributed by atoms with Gasteiger partial charge in [-0.3, -0.25) is 14.9 Å². The van der Waals surface area contributed by atoms with Crippen LogP contribution in [0.1, 0.15) is 17.3 Å². The van der Waals surface area contributed by atoms with Crippen molar-refractivity contribution in [2.24, 2.45) is 0 Å². The molecule has 0 aliphatic heterocycles. The molecule has 23 heavy (non-hydrogen) atoms. The molecule has 0 fully saturated rings. The average molecular weight is 348 g/mol. The summed E-state index contributed by atoms with van der Waals surface area (Å²) in [5, 5.41) is 8.84. The number of rotatable bonds is 3. The van der Waals surface area contributed by atoms with Crippen LogP contribution in [-0.4, -0.2) is 16.9 Å². The van der Waals surface area contributed by atoms with E-state index < -0.39 is 0 Å². The molecule has 2 aromatic carbocycles. The van der Waals surface area contributed by atoms with Crippen molar-refractivity contribution in [2.75, 3.05) is 10.6 Å². The average Bonchev–Trinajstić information content (AvgIpc) is 2.47. The number of hydrogen-bond acceptors (Lipinski definition) is 3. The van der Waals surface area contributed by atoms with Gasteiger partial charge in [0, 0.05) is 28.9 Å². The first kappa shape index (κ1) is 16.9. The van der Waals surface area contributed by atoms with Crippen LogP contribution >= 0.6 is 23.8 Å². The van der Waals surface area contributed by atoms with Crippen LogP contribution in [0.5, 0.6) is 0 Å². The zero-order chi connectivity index (χ0) is 16.8. The molecule has 7 heteroatoms. The summed E-state index contributed by atoms with van der Waals surface area (Å²) >= 11 is 10.9. The first-order valence-electron chi connectivity index (χ1n) is 6.69. The Bertz CT molecular complexity index is 747. The highest BCUT2D eigenvalue weighted by Crippen LogP contribution is 2.15. The van der Waals surface area contributed by atoms with Crippen LogP contribution in [0.25, 0.3) is 0 Å². The number of thiocarbonyl (C=S) groups is 1. The first-order chi connectivity index (χ1) is 10.9. The lowest BCUT2D eigenvalue weighted by atomic mass is 10.2. The highest BCUT2D eigenvalue weighted by Gasteiger charge is 2.08. The summed E-state index contributed by atoms with van der Waals surface area (Å²) in [6.07, 6.45) is 0. The van der Waals surface area contributed by atoms with Crippen molar-refractivity contribution in [1.82, 2.24) is 5.32 Å². The van der Waals surface area contributed by atoms with E-state index in [0.29, 0.717) is 22.0 Å². The van der Waals surface area contributed by atoms with Crippen LogP contribution in [0, 0.1) is 0 Å². The predicted molar refractivity (Wildman–Crippen MR) is 95.9 cm³/mol. The number of amides is 2. The van der Waals surface area contributed by atoms with Gasteiger partial charge in [-0.15, -0.1) is 0 Å². The maximum atomic E-state index is 12.0. The maximum Gasteiger partial charge on any atom is 0.257 e. The molecule has 0 atom stereocenters. The minimum atomic E-state index is -0.336. The second-order valence-corrected chi connectivity index (χ2v) is 5.52. The van der Waals surface area contributed by atoms with Gasteiger partial charge in [-0.2, -0.15) is 0 Å². The smallest absolute Gasteiger partial charge is 0.257 e. The summed E-state index contributed by atoms with van der Waals surface area (Å²) in [6.45, 7) is 1.43. The minimum absolute atomic E-state index is 0.157. The van der Waals surface area contributed by atoms with Crippen molar-refractivity contribution in [1.29, 1.82) is 0 Å². The normalized spacial score (nSPS) is 9.83. The molecule has 5 nitrogen and oxygen atoms in total. The summed E-state index contributed by atoms with van der Waals surface area (Å²) in [5.74, 6) is -0.502. The zero-order valence-electron chi connectivity index (χ0n) is 12.2. The highest BCUT2D eigenvalue weighted by molar-refractivity contribution is 7.80. The lowest BCUT2D eigenvalue weighted by Gasteiger charge is -2.11. The van der Waals surface area contributed by atoms with Crippen molar-refractivity contribution < 1.29 is 9.59 Å².